The summed E-state index contributed by atoms with van der Waals surface area (Å²) in [6.45, 7) is 5.37. The summed E-state index contributed by atoms with van der Waals surface area (Å²) in [7, 11) is 0. The predicted molar refractivity (Wildman–Crippen MR) is 204 cm³/mol. The number of carboxylic acid groups (broad SMARTS) is 1. The van der Waals surface area contributed by atoms with Gasteiger partial charge in [-0.1, -0.05) is 74.5 Å². The maximum atomic E-state index is 14.1. The summed E-state index contributed by atoms with van der Waals surface area (Å²) in [5.74, 6) is -3.86. The predicted octanol–water partition coefficient (Wildman–Crippen LogP) is 2.29. The van der Waals surface area contributed by atoms with Crippen molar-refractivity contribution in [2.75, 3.05) is 26.2 Å². The van der Waals surface area contributed by atoms with Gasteiger partial charge in [0.15, 0.2) is 17.5 Å². The van der Waals surface area contributed by atoms with Crippen LogP contribution >= 0.6 is 0 Å². The number of aliphatic carboxylic acids is 1. The zero-order valence-corrected chi connectivity index (χ0v) is 31.1. The smallest absolute Gasteiger partial charge is 0.320 e. The first-order valence-electron chi connectivity index (χ1n) is 18.8. The van der Waals surface area contributed by atoms with Crippen LogP contribution in [0.3, 0.4) is 0 Å². The van der Waals surface area contributed by atoms with E-state index in [1.54, 1.807) is 4.90 Å². The van der Waals surface area contributed by atoms with E-state index in [9.17, 15) is 29.1 Å². The maximum absolute atomic E-state index is 14.1. The fourth-order valence-corrected chi connectivity index (χ4v) is 7.56. The second kappa shape index (κ2) is 20.0. The largest absolute Gasteiger partial charge is 0.480 e. The number of piperidine rings is 1. The third-order valence-electron chi connectivity index (χ3n) is 10.4. The van der Waals surface area contributed by atoms with E-state index < -0.39 is 41.8 Å². The fourth-order valence-electron chi connectivity index (χ4n) is 7.56. The van der Waals surface area contributed by atoms with Gasteiger partial charge >= 0.3 is 5.97 Å². The lowest BCUT2D eigenvalue weighted by atomic mass is 9.88. The number of nitrogens with zero attached hydrogens (tertiary/aromatic N) is 3. The number of hydrogen-bond donors (Lipinski definition) is 5. The van der Waals surface area contributed by atoms with Crippen molar-refractivity contribution in [1.82, 2.24) is 15.1 Å². The van der Waals surface area contributed by atoms with Gasteiger partial charge in [-0.3, -0.25) is 33.9 Å². The lowest BCUT2D eigenvalue weighted by Crippen LogP contribution is -2.51. The van der Waals surface area contributed by atoms with Gasteiger partial charge < -0.3 is 32.5 Å². The van der Waals surface area contributed by atoms with E-state index in [1.165, 1.54) is 0 Å². The number of benzene rings is 2. The molecule has 0 radical (unpaired) electrons. The van der Waals surface area contributed by atoms with Gasteiger partial charge in [0.05, 0.1) is 24.5 Å². The maximum Gasteiger partial charge on any atom is 0.320 e. The first kappa shape index (κ1) is 41.1. The Hall–Kier alpha value is -4.62. The molecule has 0 unspecified atom stereocenters. The Bertz CT molecular complexity index is 1560. The number of carboxylic acids is 1. The molecule has 2 aliphatic rings. The highest BCUT2D eigenvalue weighted by Crippen LogP contribution is 2.27. The molecule has 5 atom stereocenters. The number of Topliss-reactive ketones (excluding diaryl/α,β-unsaturated/α-hetero) is 2. The van der Waals surface area contributed by atoms with Crippen molar-refractivity contribution in [3.8, 4) is 0 Å². The van der Waals surface area contributed by atoms with Crippen LogP contribution in [-0.4, -0.2) is 101 Å². The molecule has 4 rings (SSSR count). The molecule has 2 heterocycles. The number of ketones is 2. The molecule has 13 nitrogen and oxygen atoms in total. The topological polar surface area (TPSA) is 215 Å². The number of carbonyl (C=O) groups excluding carboxylic acids is 4. The average Bonchev–Trinajstić information content (AvgIpc) is 3.64. The van der Waals surface area contributed by atoms with E-state index in [2.05, 4.69) is 10.3 Å². The van der Waals surface area contributed by atoms with E-state index in [-0.39, 0.29) is 61.2 Å². The molecular formula is C40H57N7O6. The standard InChI is InChI=1S/C40H57N7O6/c1-26(2)20-33(45-37(50)29(21-27-10-5-3-6-11-27)23-35(48)32(41)22-28-12-7-4-8-13-28)36(49)24-30(25-44-40(42)43)38(51)46-18-15-31(16-19-46)47-17-9-14-34(47)39(52)53/h3-8,10-13,26,29-34H,9,14-25,41H2,1-2H3,(H,45,50)(H,52,53)(H4,42,43,44)/t29-,30+,32+,33+,34-/m0/s1. The van der Waals surface area contributed by atoms with Crippen LogP contribution in [0.4, 0.5) is 0 Å². The molecule has 13 heteroatoms. The minimum absolute atomic E-state index is 0.0313. The van der Waals surface area contributed by atoms with Crippen LogP contribution in [0.25, 0.3) is 0 Å². The Kier molecular flexibility index (Phi) is 15.5. The lowest BCUT2D eigenvalue weighted by Gasteiger charge is -2.39. The van der Waals surface area contributed by atoms with Crippen molar-refractivity contribution in [2.45, 2.75) is 95.8 Å². The van der Waals surface area contributed by atoms with Crippen molar-refractivity contribution < 1.29 is 29.1 Å². The van der Waals surface area contributed by atoms with Gasteiger partial charge in [0.1, 0.15) is 6.04 Å². The summed E-state index contributed by atoms with van der Waals surface area (Å²) in [6.07, 6.45) is 3.38. The molecule has 0 bridgehead atoms. The summed E-state index contributed by atoms with van der Waals surface area (Å²) in [5, 5.41) is 12.6. The van der Waals surface area contributed by atoms with E-state index in [0.29, 0.717) is 45.2 Å². The highest BCUT2D eigenvalue weighted by molar-refractivity contribution is 5.95. The van der Waals surface area contributed by atoms with Crippen LogP contribution in [0.5, 0.6) is 0 Å². The van der Waals surface area contributed by atoms with Crippen LogP contribution in [0.1, 0.15) is 69.9 Å². The molecule has 2 aromatic rings. The molecule has 2 aromatic carbocycles. The third-order valence-corrected chi connectivity index (χ3v) is 10.4. The van der Waals surface area contributed by atoms with Crippen molar-refractivity contribution in [3.63, 3.8) is 0 Å². The lowest BCUT2D eigenvalue weighted by molar-refractivity contribution is -0.145. The number of amides is 2. The van der Waals surface area contributed by atoms with Gasteiger partial charge in [-0.25, -0.2) is 0 Å². The number of rotatable bonds is 19. The molecule has 53 heavy (non-hydrogen) atoms. The number of nitrogens with two attached hydrogens (primary N) is 3. The van der Waals surface area contributed by atoms with E-state index >= 15 is 0 Å². The molecule has 288 valence electrons. The Morgan fingerprint density at radius 1 is 0.830 bits per heavy atom. The van der Waals surface area contributed by atoms with Crippen LogP contribution < -0.4 is 22.5 Å². The van der Waals surface area contributed by atoms with Gasteiger partial charge in [0.25, 0.3) is 0 Å². The SMILES string of the molecule is CC(C)C[C@@H](NC(=O)[C@H](CC(=O)[C@H](N)Cc1ccccc1)Cc1ccccc1)C(=O)C[C@H](CN=C(N)N)C(=O)N1CCC(N2CCC[C@H]2C(=O)O)CC1. The first-order chi connectivity index (χ1) is 25.3. The molecule has 2 amide bonds. The highest BCUT2D eigenvalue weighted by atomic mass is 16.4. The van der Waals surface area contributed by atoms with Gasteiger partial charge in [0, 0.05) is 37.9 Å². The zero-order chi connectivity index (χ0) is 38.5. The van der Waals surface area contributed by atoms with Crippen LogP contribution in [0.15, 0.2) is 65.7 Å². The normalized spacial score (nSPS) is 18.9. The van der Waals surface area contributed by atoms with Gasteiger partial charge in [-0.15, -0.1) is 0 Å². The van der Waals surface area contributed by atoms with Crippen molar-refractivity contribution in [2.24, 2.45) is 39.9 Å². The zero-order valence-electron chi connectivity index (χ0n) is 31.1. The van der Waals surface area contributed by atoms with Gasteiger partial charge in [0.2, 0.25) is 11.8 Å². The van der Waals surface area contributed by atoms with Crippen molar-refractivity contribution in [3.05, 3.63) is 71.8 Å². The Labute approximate surface area is 312 Å². The van der Waals surface area contributed by atoms with Crippen molar-refractivity contribution >= 4 is 35.3 Å². The Morgan fingerprint density at radius 3 is 1.98 bits per heavy atom. The monoisotopic (exact) mass is 731 g/mol. The first-order valence-corrected chi connectivity index (χ1v) is 18.8. The Balaban J connectivity index is 1.46. The molecule has 2 saturated heterocycles. The van der Waals surface area contributed by atoms with Crippen LogP contribution in [0.2, 0.25) is 0 Å². The van der Waals surface area contributed by atoms with Crippen molar-refractivity contribution in [1.29, 1.82) is 0 Å². The number of likely N-dealkylation sites (tertiary alicyclic amines) is 2. The summed E-state index contributed by atoms with van der Waals surface area (Å²) in [6, 6.07) is 16.7. The number of nitrogens with one attached hydrogen (secondary N) is 1. The van der Waals surface area contributed by atoms with Crippen LogP contribution in [-0.2, 0) is 36.8 Å². The van der Waals surface area contributed by atoms with E-state index in [4.69, 9.17) is 17.2 Å². The van der Waals surface area contributed by atoms with Crippen LogP contribution in [0, 0.1) is 17.8 Å². The number of hydrogen-bond acceptors (Lipinski definition) is 8. The second-order valence-corrected chi connectivity index (χ2v) is 15.0. The molecular weight excluding hydrogens is 674 g/mol. The molecule has 0 aromatic heterocycles. The summed E-state index contributed by atoms with van der Waals surface area (Å²) < 4.78 is 0. The molecule has 0 saturated carbocycles. The highest BCUT2D eigenvalue weighted by Gasteiger charge is 2.39. The molecule has 0 spiro atoms. The fraction of sp³-hybridized carbons (Fsp3) is 0.550. The molecule has 0 aliphatic carbocycles. The number of aliphatic imine (C=N–C) groups is 1. The van der Waals surface area contributed by atoms with E-state index in [0.717, 1.165) is 24.1 Å². The summed E-state index contributed by atoms with van der Waals surface area (Å²) >= 11 is 0. The minimum Gasteiger partial charge on any atom is -0.480 e. The average molecular weight is 732 g/mol. The number of carbonyl (C=O) groups is 5. The summed E-state index contributed by atoms with van der Waals surface area (Å²) in [5.41, 5.74) is 19.4. The molecule has 8 N–H and O–H groups in total. The number of guanidine groups is 1. The summed E-state index contributed by atoms with van der Waals surface area (Å²) in [4.78, 5) is 75.0. The molecule has 2 fully saturated rings. The van der Waals surface area contributed by atoms with Gasteiger partial charge in [-0.05, 0) is 68.5 Å². The third kappa shape index (κ3) is 12.5. The van der Waals surface area contributed by atoms with Gasteiger partial charge in [-0.2, -0.15) is 0 Å². The quantitative estimate of drug-likeness (QED) is 0.105. The minimum atomic E-state index is -0.905. The van der Waals surface area contributed by atoms with E-state index in [1.807, 2.05) is 79.4 Å². The molecule has 2 aliphatic heterocycles. The second-order valence-electron chi connectivity index (χ2n) is 15.0. The Morgan fingerprint density at radius 2 is 1.42 bits per heavy atom.